The minimum absolute atomic E-state index is 0.0628. The quantitative estimate of drug-likeness (QED) is 0.878. The van der Waals surface area contributed by atoms with Crippen molar-refractivity contribution in [1.82, 2.24) is 5.32 Å². The predicted octanol–water partition coefficient (Wildman–Crippen LogP) is 2.65. The van der Waals surface area contributed by atoms with E-state index in [1.807, 2.05) is 25.1 Å². The molecule has 3 nitrogen and oxygen atoms in total. The Bertz CT molecular complexity index is 443. The Morgan fingerprint density at radius 2 is 2.28 bits per heavy atom. The smallest absolute Gasteiger partial charge is 0.252 e. The molecule has 1 aliphatic carbocycles. The summed E-state index contributed by atoms with van der Waals surface area (Å²) in [5.41, 5.74) is 1.77. The summed E-state index contributed by atoms with van der Waals surface area (Å²) in [4.78, 5) is 12.2. The molecule has 1 fully saturated rings. The van der Waals surface area contributed by atoms with Crippen molar-refractivity contribution in [3.8, 4) is 0 Å². The van der Waals surface area contributed by atoms with Crippen LogP contribution >= 0.6 is 15.9 Å². The Morgan fingerprint density at radius 3 is 2.83 bits per heavy atom. The van der Waals surface area contributed by atoms with Crippen LogP contribution in [0.3, 0.4) is 0 Å². The Morgan fingerprint density at radius 1 is 1.56 bits per heavy atom. The zero-order valence-electron chi connectivity index (χ0n) is 10.4. The van der Waals surface area contributed by atoms with Gasteiger partial charge >= 0.3 is 0 Å². The highest BCUT2D eigenvalue weighted by molar-refractivity contribution is 9.10. The van der Waals surface area contributed by atoms with Gasteiger partial charge in [0.05, 0.1) is 5.56 Å². The van der Waals surface area contributed by atoms with Crippen LogP contribution in [0.25, 0.3) is 0 Å². The van der Waals surface area contributed by atoms with E-state index in [4.69, 9.17) is 5.11 Å². The zero-order valence-corrected chi connectivity index (χ0v) is 12.0. The molecule has 2 N–H and O–H groups in total. The molecule has 0 aromatic heterocycles. The first-order chi connectivity index (χ1) is 8.61. The second-order valence-electron chi connectivity index (χ2n) is 4.91. The van der Waals surface area contributed by atoms with Crippen molar-refractivity contribution in [2.45, 2.75) is 32.2 Å². The summed E-state index contributed by atoms with van der Waals surface area (Å²) in [7, 11) is 0. The SMILES string of the molecule is Cc1ccc(C(=O)NC(CCO)C2CC2)c(Br)c1. The first-order valence-corrected chi connectivity index (χ1v) is 7.09. The maximum absolute atomic E-state index is 12.2. The van der Waals surface area contributed by atoms with Crippen LogP contribution in [0.15, 0.2) is 22.7 Å². The van der Waals surface area contributed by atoms with Crippen LogP contribution in [-0.4, -0.2) is 23.7 Å². The number of carbonyl (C=O) groups is 1. The molecule has 0 aliphatic heterocycles. The van der Waals surface area contributed by atoms with Gasteiger partial charge in [-0.15, -0.1) is 0 Å². The number of benzene rings is 1. The Balaban J connectivity index is 2.05. The molecule has 18 heavy (non-hydrogen) atoms. The summed E-state index contributed by atoms with van der Waals surface area (Å²) in [6.07, 6.45) is 2.94. The molecule has 0 heterocycles. The molecular weight excluding hydrogens is 294 g/mol. The lowest BCUT2D eigenvalue weighted by atomic mass is 10.1. The van der Waals surface area contributed by atoms with E-state index in [0.717, 1.165) is 22.9 Å². The number of hydrogen-bond acceptors (Lipinski definition) is 2. The van der Waals surface area contributed by atoms with Crippen molar-refractivity contribution in [2.75, 3.05) is 6.61 Å². The number of aryl methyl sites for hydroxylation is 1. The van der Waals surface area contributed by atoms with Crippen LogP contribution in [0.2, 0.25) is 0 Å². The standard InChI is InChI=1S/C14H18BrNO2/c1-9-2-5-11(12(15)8-9)14(18)16-13(6-7-17)10-3-4-10/h2,5,8,10,13,17H,3-4,6-7H2,1H3,(H,16,18). The lowest BCUT2D eigenvalue weighted by Gasteiger charge is -2.17. The lowest BCUT2D eigenvalue weighted by molar-refractivity contribution is 0.0923. The van der Waals surface area contributed by atoms with Crippen molar-refractivity contribution in [2.24, 2.45) is 5.92 Å². The molecule has 0 radical (unpaired) electrons. The van der Waals surface area contributed by atoms with Crippen molar-refractivity contribution in [3.63, 3.8) is 0 Å². The van der Waals surface area contributed by atoms with Crippen molar-refractivity contribution >= 4 is 21.8 Å². The van der Waals surface area contributed by atoms with Gasteiger partial charge in [-0.25, -0.2) is 0 Å². The van der Waals surface area contributed by atoms with E-state index in [9.17, 15) is 4.79 Å². The minimum Gasteiger partial charge on any atom is -0.396 e. The predicted molar refractivity (Wildman–Crippen MR) is 74.6 cm³/mol. The van der Waals surface area contributed by atoms with Crippen LogP contribution < -0.4 is 5.32 Å². The summed E-state index contributed by atoms with van der Waals surface area (Å²) in [6, 6.07) is 5.80. The van der Waals surface area contributed by atoms with Crippen LogP contribution in [0.4, 0.5) is 0 Å². The average Bonchev–Trinajstić information content (AvgIpc) is 3.11. The van der Waals surface area contributed by atoms with E-state index >= 15 is 0 Å². The third-order valence-corrected chi connectivity index (χ3v) is 3.97. The van der Waals surface area contributed by atoms with Gasteiger partial charge in [0.15, 0.2) is 0 Å². The summed E-state index contributed by atoms with van der Waals surface area (Å²) >= 11 is 3.42. The number of amides is 1. The molecule has 1 aliphatic rings. The highest BCUT2D eigenvalue weighted by Crippen LogP contribution is 2.34. The van der Waals surface area contributed by atoms with Crippen molar-refractivity contribution < 1.29 is 9.90 Å². The monoisotopic (exact) mass is 311 g/mol. The fraction of sp³-hybridized carbons (Fsp3) is 0.500. The highest BCUT2D eigenvalue weighted by Gasteiger charge is 2.32. The number of nitrogens with one attached hydrogen (secondary N) is 1. The molecule has 1 saturated carbocycles. The van der Waals surface area contributed by atoms with E-state index < -0.39 is 0 Å². The average molecular weight is 312 g/mol. The van der Waals surface area contributed by atoms with Gasteiger partial charge < -0.3 is 10.4 Å². The number of carbonyl (C=O) groups excluding carboxylic acids is 1. The van der Waals surface area contributed by atoms with Crippen molar-refractivity contribution in [1.29, 1.82) is 0 Å². The molecule has 1 amide bonds. The van der Waals surface area contributed by atoms with E-state index in [1.165, 1.54) is 0 Å². The Kier molecular flexibility index (Phi) is 4.40. The largest absolute Gasteiger partial charge is 0.396 e. The molecule has 1 atom stereocenters. The maximum atomic E-state index is 12.2. The summed E-state index contributed by atoms with van der Waals surface area (Å²) in [6.45, 7) is 2.11. The molecule has 4 heteroatoms. The van der Waals surface area contributed by atoms with Gasteiger partial charge in [0.2, 0.25) is 0 Å². The third kappa shape index (κ3) is 3.33. The van der Waals surface area contributed by atoms with E-state index in [2.05, 4.69) is 21.2 Å². The summed E-state index contributed by atoms with van der Waals surface area (Å²) < 4.78 is 0.818. The van der Waals surface area contributed by atoms with Gasteiger partial charge in [0.1, 0.15) is 0 Å². The van der Waals surface area contributed by atoms with Crippen LogP contribution in [-0.2, 0) is 0 Å². The molecule has 2 rings (SSSR count). The van der Waals surface area contributed by atoms with Gasteiger partial charge in [0, 0.05) is 17.1 Å². The molecule has 1 unspecified atom stereocenters. The maximum Gasteiger partial charge on any atom is 0.252 e. The molecule has 0 saturated heterocycles. The van der Waals surface area contributed by atoms with Gasteiger partial charge in [-0.2, -0.15) is 0 Å². The van der Waals surface area contributed by atoms with Gasteiger partial charge in [-0.05, 0) is 65.7 Å². The normalized spacial score (nSPS) is 16.4. The number of aliphatic hydroxyl groups is 1. The van der Waals surface area contributed by atoms with Crippen LogP contribution in [0.5, 0.6) is 0 Å². The fourth-order valence-corrected chi connectivity index (χ4v) is 2.79. The molecule has 98 valence electrons. The van der Waals surface area contributed by atoms with E-state index in [-0.39, 0.29) is 18.6 Å². The zero-order chi connectivity index (χ0) is 13.1. The second kappa shape index (κ2) is 5.85. The third-order valence-electron chi connectivity index (χ3n) is 3.32. The fourth-order valence-electron chi connectivity index (χ4n) is 2.11. The number of rotatable bonds is 5. The topological polar surface area (TPSA) is 49.3 Å². The number of aliphatic hydroxyl groups excluding tert-OH is 1. The molecular formula is C14H18BrNO2. The van der Waals surface area contributed by atoms with Gasteiger partial charge in [-0.3, -0.25) is 4.79 Å². The molecule has 0 spiro atoms. The van der Waals surface area contributed by atoms with Gasteiger partial charge in [-0.1, -0.05) is 6.07 Å². The minimum atomic E-state index is -0.0628. The van der Waals surface area contributed by atoms with E-state index in [0.29, 0.717) is 17.9 Å². The highest BCUT2D eigenvalue weighted by atomic mass is 79.9. The number of halogens is 1. The molecule has 1 aromatic rings. The van der Waals surface area contributed by atoms with Gasteiger partial charge in [0.25, 0.3) is 5.91 Å². The Labute approximate surface area is 116 Å². The van der Waals surface area contributed by atoms with E-state index in [1.54, 1.807) is 0 Å². The van der Waals surface area contributed by atoms with Crippen LogP contribution in [0.1, 0.15) is 35.2 Å². The second-order valence-corrected chi connectivity index (χ2v) is 5.77. The molecule has 0 bridgehead atoms. The lowest BCUT2D eigenvalue weighted by Crippen LogP contribution is -2.37. The number of hydrogen-bond donors (Lipinski definition) is 2. The van der Waals surface area contributed by atoms with Crippen LogP contribution in [0, 0.1) is 12.8 Å². The summed E-state index contributed by atoms with van der Waals surface area (Å²) in [5.74, 6) is 0.484. The Hall–Kier alpha value is -0.870. The van der Waals surface area contributed by atoms with Crippen molar-refractivity contribution in [3.05, 3.63) is 33.8 Å². The summed E-state index contributed by atoms with van der Waals surface area (Å²) in [5, 5.41) is 12.1. The first kappa shape index (κ1) is 13.6. The first-order valence-electron chi connectivity index (χ1n) is 6.29. The molecule has 1 aromatic carbocycles.